The lowest BCUT2D eigenvalue weighted by molar-refractivity contribution is 0.0111. The van der Waals surface area contributed by atoms with Gasteiger partial charge in [-0.3, -0.25) is 0 Å². The Morgan fingerprint density at radius 2 is 2.22 bits per heavy atom. The molecule has 1 N–H and O–H groups in total. The molecular formula is C15H22FNO. The molecule has 1 aliphatic rings. The molecule has 0 aromatic heterocycles. The summed E-state index contributed by atoms with van der Waals surface area (Å²) in [6, 6.07) is 5.42. The molecule has 1 aromatic rings. The van der Waals surface area contributed by atoms with Crippen molar-refractivity contribution in [2.45, 2.75) is 26.3 Å². The first-order valence-electron chi connectivity index (χ1n) is 6.64. The molecule has 3 atom stereocenters. The van der Waals surface area contributed by atoms with E-state index in [2.05, 4.69) is 12.2 Å². The summed E-state index contributed by atoms with van der Waals surface area (Å²) in [5.74, 6) is 0.773. The van der Waals surface area contributed by atoms with Gasteiger partial charge in [0.1, 0.15) is 5.82 Å². The number of ether oxygens (including phenoxy) is 1. The minimum absolute atomic E-state index is 0.0730. The van der Waals surface area contributed by atoms with E-state index in [0.29, 0.717) is 11.8 Å². The molecule has 3 unspecified atom stereocenters. The number of halogens is 1. The highest BCUT2D eigenvalue weighted by Crippen LogP contribution is 2.34. The van der Waals surface area contributed by atoms with E-state index < -0.39 is 0 Å². The van der Waals surface area contributed by atoms with Crippen LogP contribution in [-0.4, -0.2) is 20.3 Å². The maximum atomic E-state index is 14.0. The molecule has 3 heteroatoms. The van der Waals surface area contributed by atoms with Crippen LogP contribution in [0.5, 0.6) is 0 Å². The first-order valence-corrected chi connectivity index (χ1v) is 6.64. The molecule has 1 fully saturated rings. The molecule has 0 saturated carbocycles. The second-order valence-electron chi connectivity index (χ2n) is 5.30. The molecule has 0 bridgehead atoms. The third-order valence-electron chi connectivity index (χ3n) is 3.93. The lowest BCUT2D eigenvalue weighted by Crippen LogP contribution is -2.36. The molecule has 2 nitrogen and oxygen atoms in total. The number of hydrogen-bond donors (Lipinski definition) is 1. The van der Waals surface area contributed by atoms with Crippen molar-refractivity contribution >= 4 is 0 Å². The number of nitrogens with one attached hydrogen (secondary N) is 1. The third kappa shape index (κ3) is 2.73. The van der Waals surface area contributed by atoms with Crippen LogP contribution in [-0.2, 0) is 4.74 Å². The normalized spacial score (nSPS) is 26.0. The summed E-state index contributed by atoms with van der Waals surface area (Å²) in [6.07, 6.45) is 0.986. The van der Waals surface area contributed by atoms with Crippen LogP contribution >= 0.6 is 0 Å². The van der Waals surface area contributed by atoms with Gasteiger partial charge in [-0.2, -0.15) is 0 Å². The van der Waals surface area contributed by atoms with Gasteiger partial charge in [0.25, 0.3) is 0 Å². The zero-order valence-electron chi connectivity index (χ0n) is 11.4. The summed E-state index contributed by atoms with van der Waals surface area (Å²) >= 11 is 0. The minimum Gasteiger partial charge on any atom is -0.381 e. The van der Waals surface area contributed by atoms with Crippen molar-refractivity contribution < 1.29 is 9.13 Å². The average Bonchev–Trinajstić information content (AvgIpc) is 2.36. The Morgan fingerprint density at radius 3 is 2.89 bits per heavy atom. The Morgan fingerprint density at radius 1 is 1.44 bits per heavy atom. The fourth-order valence-corrected chi connectivity index (χ4v) is 2.89. The lowest BCUT2D eigenvalue weighted by Gasteiger charge is -2.35. The van der Waals surface area contributed by atoms with Crippen LogP contribution < -0.4 is 5.32 Å². The first-order chi connectivity index (χ1) is 8.63. The van der Waals surface area contributed by atoms with E-state index in [1.807, 2.05) is 26.1 Å². The molecule has 1 heterocycles. The molecule has 0 aliphatic carbocycles. The summed E-state index contributed by atoms with van der Waals surface area (Å²) in [5, 5.41) is 3.29. The Labute approximate surface area is 109 Å². The molecule has 1 aliphatic heterocycles. The van der Waals surface area contributed by atoms with Crippen LogP contribution in [0.15, 0.2) is 18.2 Å². The largest absolute Gasteiger partial charge is 0.381 e. The highest BCUT2D eigenvalue weighted by Gasteiger charge is 2.31. The second kappa shape index (κ2) is 5.81. The van der Waals surface area contributed by atoms with Crippen molar-refractivity contribution in [1.82, 2.24) is 5.32 Å². The fraction of sp³-hybridized carbons (Fsp3) is 0.600. The van der Waals surface area contributed by atoms with Crippen LogP contribution in [0.25, 0.3) is 0 Å². The van der Waals surface area contributed by atoms with E-state index >= 15 is 0 Å². The van der Waals surface area contributed by atoms with Gasteiger partial charge in [-0.25, -0.2) is 4.39 Å². The van der Waals surface area contributed by atoms with Crippen LogP contribution in [0.2, 0.25) is 0 Å². The summed E-state index contributed by atoms with van der Waals surface area (Å²) < 4.78 is 19.5. The SMILES string of the molecule is CNC(c1cc(C)ccc1F)C1CCOCC1C. The summed E-state index contributed by atoms with van der Waals surface area (Å²) in [6.45, 7) is 5.74. The number of aryl methyl sites for hydroxylation is 1. The standard InChI is InChI=1S/C15H22FNO/c1-10-4-5-14(16)13(8-10)15(17-3)12-6-7-18-9-11(12)2/h4-5,8,11-12,15,17H,6-7,9H2,1-3H3. The Hall–Kier alpha value is -0.930. The van der Waals surface area contributed by atoms with Crippen molar-refractivity contribution in [2.75, 3.05) is 20.3 Å². The fourth-order valence-electron chi connectivity index (χ4n) is 2.89. The average molecular weight is 251 g/mol. The van der Waals surface area contributed by atoms with Crippen molar-refractivity contribution in [3.63, 3.8) is 0 Å². The van der Waals surface area contributed by atoms with Gasteiger partial charge >= 0.3 is 0 Å². The van der Waals surface area contributed by atoms with E-state index in [1.54, 1.807) is 6.07 Å². The van der Waals surface area contributed by atoms with E-state index in [1.165, 1.54) is 0 Å². The zero-order chi connectivity index (χ0) is 13.1. The molecule has 18 heavy (non-hydrogen) atoms. The van der Waals surface area contributed by atoms with Gasteiger partial charge in [0, 0.05) is 24.8 Å². The number of benzene rings is 1. The van der Waals surface area contributed by atoms with Crippen LogP contribution in [0.4, 0.5) is 4.39 Å². The predicted molar refractivity (Wildman–Crippen MR) is 71.0 cm³/mol. The highest BCUT2D eigenvalue weighted by atomic mass is 19.1. The summed E-state index contributed by atoms with van der Waals surface area (Å²) in [7, 11) is 1.91. The quantitative estimate of drug-likeness (QED) is 0.891. The minimum atomic E-state index is -0.112. The van der Waals surface area contributed by atoms with Crippen LogP contribution in [0.3, 0.4) is 0 Å². The van der Waals surface area contributed by atoms with Crippen molar-refractivity contribution in [3.05, 3.63) is 35.1 Å². The van der Waals surface area contributed by atoms with E-state index in [-0.39, 0.29) is 11.9 Å². The highest BCUT2D eigenvalue weighted by molar-refractivity contribution is 5.27. The predicted octanol–water partition coefficient (Wildman–Crippen LogP) is 3.07. The van der Waals surface area contributed by atoms with Gasteiger partial charge < -0.3 is 10.1 Å². The maximum absolute atomic E-state index is 14.0. The summed E-state index contributed by atoms with van der Waals surface area (Å²) in [5.41, 5.74) is 1.89. The van der Waals surface area contributed by atoms with E-state index in [4.69, 9.17) is 4.74 Å². The topological polar surface area (TPSA) is 21.3 Å². The molecule has 1 saturated heterocycles. The van der Waals surface area contributed by atoms with Gasteiger partial charge in [-0.15, -0.1) is 0 Å². The van der Waals surface area contributed by atoms with Crippen molar-refractivity contribution in [1.29, 1.82) is 0 Å². The zero-order valence-corrected chi connectivity index (χ0v) is 11.4. The van der Waals surface area contributed by atoms with Crippen LogP contribution in [0.1, 0.15) is 30.5 Å². The van der Waals surface area contributed by atoms with Gasteiger partial charge in [-0.1, -0.05) is 24.6 Å². The maximum Gasteiger partial charge on any atom is 0.128 e. The molecular weight excluding hydrogens is 229 g/mol. The van der Waals surface area contributed by atoms with E-state index in [0.717, 1.165) is 30.8 Å². The van der Waals surface area contributed by atoms with Gasteiger partial charge in [0.15, 0.2) is 0 Å². The Kier molecular flexibility index (Phi) is 4.36. The molecule has 0 spiro atoms. The second-order valence-corrected chi connectivity index (χ2v) is 5.30. The summed E-state index contributed by atoms with van der Waals surface area (Å²) in [4.78, 5) is 0. The van der Waals surface area contributed by atoms with Crippen molar-refractivity contribution in [3.8, 4) is 0 Å². The van der Waals surface area contributed by atoms with E-state index in [9.17, 15) is 4.39 Å². The number of hydrogen-bond acceptors (Lipinski definition) is 2. The van der Waals surface area contributed by atoms with Gasteiger partial charge in [0.05, 0.1) is 0 Å². The lowest BCUT2D eigenvalue weighted by atomic mass is 9.80. The van der Waals surface area contributed by atoms with Crippen molar-refractivity contribution in [2.24, 2.45) is 11.8 Å². The monoisotopic (exact) mass is 251 g/mol. The molecule has 0 radical (unpaired) electrons. The van der Waals surface area contributed by atoms with Crippen LogP contribution in [0, 0.1) is 24.6 Å². The van der Waals surface area contributed by atoms with Gasteiger partial charge in [-0.05, 0) is 38.3 Å². The molecule has 100 valence electrons. The third-order valence-corrected chi connectivity index (χ3v) is 3.93. The Balaban J connectivity index is 2.29. The molecule has 0 amide bonds. The smallest absolute Gasteiger partial charge is 0.128 e. The first kappa shape index (κ1) is 13.5. The Bertz CT molecular complexity index is 407. The van der Waals surface area contributed by atoms with Gasteiger partial charge in [0.2, 0.25) is 0 Å². The molecule has 1 aromatic carbocycles. The number of rotatable bonds is 3. The molecule has 2 rings (SSSR count).